The Morgan fingerprint density at radius 2 is 2.00 bits per heavy atom. The second-order valence-corrected chi connectivity index (χ2v) is 4.35. The fraction of sp³-hybridized carbons (Fsp3) is 0.727. The maximum atomic E-state index is 11.6. The van der Waals surface area contributed by atoms with E-state index in [0.29, 0.717) is 24.0 Å². The monoisotopic (exact) mass is 198 g/mol. The molecule has 0 heterocycles. The molecule has 0 spiro atoms. The molecular weight excluding hydrogens is 184 g/mol. The SMILES string of the molecule is O=C1C[C@@H](CCl)C2=C1CCCCC2. The van der Waals surface area contributed by atoms with Gasteiger partial charge in [0.2, 0.25) is 0 Å². The molecule has 2 aliphatic carbocycles. The van der Waals surface area contributed by atoms with Gasteiger partial charge in [0.05, 0.1) is 0 Å². The molecule has 0 radical (unpaired) electrons. The third-order valence-electron chi connectivity index (χ3n) is 3.21. The zero-order valence-electron chi connectivity index (χ0n) is 7.81. The Balaban J connectivity index is 2.24. The summed E-state index contributed by atoms with van der Waals surface area (Å²) in [6, 6.07) is 0. The van der Waals surface area contributed by atoms with Gasteiger partial charge in [-0.3, -0.25) is 4.79 Å². The highest BCUT2D eigenvalue weighted by Crippen LogP contribution is 2.38. The summed E-state index contributed by atoms with van der Waals surface area (Å²) in [5.74, 6) is 1.38. The number of alkyl halides is 1. The first-order chi connectivity index (χ1) is 6.33. The van der Waals surface area contributed by atoms with Gasteiger partial charge in [-0.05, 0) is 31.3 Å². The lowest BCUT2D eigenvalue weighted by molar-refractivity contribution is -0.115. The average Bonchev–Trinajstić information content (AvgIpc) is 2.38. The van der Waals surface area contributed by atoms with Crippen molar-refractivity contribution in [3.05, 3.63) is 11.1 Å². The lowest BCUT2D eigenvalue weighted by atomic mass is 9.99. The molecule has 1 nitrogen and oxygen atoms in total. The molecular formula is C11H15ClO. The Bertz CT molecular complexity index is 255. The quantitative estimate of drug-likeness (QED) is 0.592. The van der Waals surface area contributed by atoms with E-state index in [9.17, 15) is 4.79 Å². The Labute approximate surface area is 84.2 Å². The maximum Gasteiger partial charge on any atom is 0.159 e. The van der Waals surface area contributed by atoms with Crippen molar-refractivity contribution >= 4 is 17.4 Å². The van der Waals surface area contributed by atoms with Crippen molar-refractivity contribution in [2.24, 2.45) is 5.92 Å². The largest absolute Gasteiger partial charge is 0.295 e. The van der Waals surface area contributed by atoms with Crippen molar-refractivity contribution < 1.29 is 4.79 Å². The van der Waals surface area contributed by atoms with E-state index >= 15 is 0 Å². The molecule has 0 bridgehead atoms. The second-order valence-electron chi connectivity index (χ2n) is 4.04. The van der Waals surface area contributed by atoms with Crippen LogP contribution in [0.25, 0.3) is 0 Å². The molecule has 2 rings (SSSR count). The van der Waals surface area contributed by atoms with E-state index in [2.05, 4.69) is 0 Å². The number of ketones is 1. The number of hydrogen-bond donors (Lipinski definition) is 0. The van der Waals surface area contributed by atoms with Crippen LogP contribution in [0.1, 0.15) is 38.5 Å². The lowest BCUT2D eigenvalue weighted by Gasteiger charge is -2.09. The third kappa shape index (κ3) is 1.67. The van der Waals surface area contributed by atoms with Crippen molar-refractivity contribution in [3.63, 3.8) is 0 Å². The van der Waals surface area contributed by atoms with Gasteiger partial charge in [0, 0.05) is 18.2 Å². The summed E-state index contributed by atoms with van der Waals surface area (Å²) in [7, 11) is 0. The smallest absolute Gasteiger partial charge is 0.159 e. The lowest BCUT2D eigenvalue weighted by Crippen LogP contribution is -2.02. The molecule has 0 unspecified atom stereocenters. The summed E-state index contributed by atoms with van der Waals surface area (Å²) >= 11 is 5.86. The number of rotatable bonds is 1. The Kier molecular flexibility index (Phi) is 2.73. The Morgan fingerprint density at radius 1 is 1.23 bits per heavy atom. The van der Waals surface area contributed by atoms with Crippen LogP contribution in [0.2, 0.25) is 0 Å². The van der Waals surface area contributed by atoms with Crippen LogP contribution in [0.4, 0.5) is 0 Å². The molecule has 0 aromatic heterocycles. The van der Waals surface area contributed by atoms with Gasteiger partial charge in [0.15, 0.2) is 5.78 Å². The second kappa shape index (κ2) is 3.83. The topological polar surface area (TPSA) is 17.1 Å². The van der Waals surface area contributed by atoms with E-state index in [1.54, 1.807) is 0 Å². The van der Waals surface area contributed by atoms with Crippen LogP contribution >= 0.6 is 11.6 Å². The predicted octanol–water partition coefficient (Wildman–Crippen LogP) is 3.07. The predicted molar refractivity (Wildman–Crippen MR) is 53.9 cm³/mol. The van der Waals surface area contributed by atoms with Gasteiger partial charge in [-0.15, -0.1) is 11.6 Å². The van der Waals surface area contributed by atoms with Crippen LogP contribution in [-0.4, -0.2) is 11.7 Å². The normalized spacial score (nSPS) is 29.0. The molecule has 13 heavy (non-hydrogen) atoms. The van der Waals surface area contributed by atoms with Gasteiger partial charge in [-0.2, -0.15) is 0 Å². The standard InChI is InChI=1S/C11H15ClO/c12-7-8-6-11(13)10-5-3-1-2-4-9(8)10/h8H,1-7H2/t8-/m0/s1. The molecule has 0 fully saturated rings. The van der Waals surface area contributed by atoms with Crippen LogP contribution in [0, 0.1) is 5.92 Å². The van der Waals surface area contributed by atoms with Crippen LogP contribution in [-0.2, 0) is 4.79 Å². The Hall–Kier alpha value is -0.300. The Morgan fingerprint density at radius 3 is 2.77 bits per heavy atom. The maximum absolute atomic E-state index is 11.6. The molecule has 0 amide bonds. The van der Waals surface area contributed by atoms with Crippen molar-refractivity contribution in [3.8, 4) is 0 Å². The van der Waals surface area contributed by atoms with E-state index in [4.69, 9.17) is 11.6 Å². The molecule has 0 aromatic rings. The van der Waals surface area contributed by atoms with Gasteiger partial charge < -0.3 is 0 Å². The molecule has 0 N–H and O–H groups in total. The van der Waals surface area contributed by atoms with Crippen LogP contribution < -0.4 is 0 Å². The van der Waals surface area contributed by atoms with Crippen molar-refractivity contribution in [1.82, 2.24) is 0 Å². The highest BCUT2D eigenvalue weighted by atomic mass is 35.5. The van der Waals surface area contributed by atoms with Gasteiger partial charge in [0.25, 0.3) is 0 Å². The fourth-order valence-electron chi connectivity index (χ4n) is 2.49. The van der Waals surface area contributed by atoms with Crippen LogP contribution in [0.5, 0.6) is 0 Å². The number of halogens is 1. The summed E-state index contributed by atoms with van der Waals surface area (Å²) in [6.45, 7) is 0. The zero-order valence-corrected chi connectivity index (χ0v) is 8.57. The van der Waals surface area contributed by atoms with Crippen LogP contribution in [0.3, 0.4) is 0 Å². The van der Waals surface area contributed by atoms with E-state index in [1.165, 1.54) is 24.8 Å². The summed E-state index contributed by atoms with van der Waals surface area (Å²) < 4.78 is 0. The van der Waals surface area contributed by atoms with Crippen molar-refractivity contribution in [1.29, 1.82) is 0 Å². The van der Waals surface area contributed by atoms with Gasteiger partial charge in [-0.1, -0.05) is 12.0 Å². The minimum absolute atomic E-state index is 0.377. The fourth-order valence-corrected chi connectivity index (χ4v) is 2.79. The van der Waals surface area contributed by atoms with Crippen LogP contribution in [0.15, 0.2) is 11.1 Å². The first kappa shape index (κ1) is 9.26. The summed E-state index contributed by atoms with van der Waals surface area (Å²) in [4.78, 5) is 11.6. The molecule has 2 heteroatoms. The number of Topliss-reactive ketones (excluding diaryl/α,β-unsaturated/α-hetero) is 1. The molecule has 2 aliphatic rings. The highest BCUT2D eigenvalue weighted by Gasteiger charge is 2.31. The number of allylic oxidation sites excluding steroid dienone is 2. The number of carbonyl (C=O) groups is 1. The average molecular weight is 199 g/mol. The molecule has 0 saturated carbocycles. The first-order valence-electron chi connectivity index (χ1n) is 5.14. The van der Waals surface area contributed by atoms with Gasteiger partial charge >= 0.3 is 0 Å². The third-order valence-corrected chi connectivity index (χ3v) is 3.58. The molecule has 0 aliphatic heterocycles. The number of hydrogen-bond acceptors (Lipinski definition) is 1. The minimum Gasteiger partial charge on any atom is -0.295 e. The highest BCUT2D eigenvalue weighted by molar-refractivity contribution is 6.18. The summed E-state index contributed by atoms with van der Waals surface area (Å²) in [6.07, 6.45) is 6.54. The van der Waals surface area contributed by atoms with Crippen molar-refractivity contribution in [2.45, 2.75) is 38.5 Å². The van der Waals surface area contributed by atoms with E-state index in [0.717, 1.165) is 18.4 Å². The summed E-state index contributed by atoms with van der Waals surface area (Å²) in [5.41, 5.74) is 2.54. The number of carbonyl (C=O) groups excluding carboxylic acids is 1. The molecule has 72 valence electrons. The summed E-state index contributed by atoms with van der Waals surface area (Å²) in [5, 5.41) is 0. The van der Waals surface area contributed by atoms with E-state index in [1.807, 2.05) is 0 Å². The van der Waals surface area contributed by atoms with Crippen molar-refractivity contribution in [2.75, 3.05) is 5.88 Å². The van der Waals surface area contributed by atoms with E-state index < -0.39 is 0 Å². The zero-order chi connectivity index (χ0) is 9.26. The van der Waals surface area contributed by atoms with Gasteiger partial charge in [0.1, 0.15) is 0 Å². The first-order valence-corrected chi connectivity index (χ1v) is 5.67. The van der Waals surface area contributed by atoms with E-state index in [-0.39, 0.29) is 0 Å². The minimum atomic E-state index is 0.377. The van der Waals surface area contributed by atoms with Gasteiger partial charge in [-0.25, -0.2) is 0 Å². The molecule has 0 saturated heterocycles. The molecule has 0 aromatic carbocycles. The molecule has 1 atom stereocenters.